The molecule has 1 aromatic carbocycles. The van der Waals surface area contributed by atoms with Gasteiger partial charge in [0.15, 0.2) is 0 Å². The van der Waals surface area contributed by atoms with Gasteiger partial charge in [0.25, 0.3) is 5.91 Å². The molecule has 0 spiro atoms. The van der Waals surface area contributed by atoms with Crippen molar-refractivity contribution in [2.75, 3.05) is 6.54 Å². The number of carbonyl (C=O) groups excluding carboxylic acids is 1. The average molecular weight is 360 g/mol. The van der Waals surface area contributed by atoms with Crippen molar-refractivity contribution < 1.29 is 4.79 Å². The molecule has 5 heteroatoms. The molecule has 1 amide bonds. The van der Waals surface area contributed by atoms with Crippen molar-refractivity contribution in [3.63, 3.8) is 0 Å². The smallest absolute Gasteiger partial charge is 0.251 e. The topological polar surface area (TPSA) is 52.9 Å². The number of carbonyl (C=O) groups is 1. The molecule has 0 unspecified atom stereocenters. The molecule has 1 N–H and O–H groups in total. The minimum Gasteiger partial charge on any atom is -0.352 e. The summed E-state index contributed by atoms with van der Waals surface area (Å²) in [5, 5.41) is 11.2. The Balaban J connectivity index is 2.44. The van der Waals surface area contributed by atoms with E-state index in [2.05, 4.69) is 43.2 Å². The van der Waals surface area contributed by atoms with E-state index in [0.717, 1.165) is 21.8 Å². The van der Waals surface area contributed by atoms with E-state index in [1.165, 1.54) is 0 Å². The van der Waals surface area contributed by atoms with E-state index >= 15 is 0 Å². The van der Waals surface area contributed by atoms with Crippen molar-refractivity contribution in [2.45, 2.75) is 19.3 Å². The van der Waals surface area contributed by atoms with Gasteiger partial charge in [0.2, 0.25) is 0 Å². The Hall–Kier alpha value is -0.860. The van der Waals surface area contributed by atoms with Gasteiger partial charge in [-0.25, -0.2) is 0 Å². The van der Waals surface area contributed by atoms with Gasteiger partial charge in [0.1, 0.15) is 0 Å². The minimum absolute atomic E-state index is 0.0936. The quantitative estimate of drug-likeness (QED) is 0.816. The molecule has 0 atom stereocenters. The maximum Gasteiger partial charge on any atom is 0.251 e. The molecule has 0 saturated carbocycles. The lowest BCUT2D eigenvalue weighted by Crippen LogP contribution is -2.24. The second-order valence-corrected chi connectivity index (χ2v) is 5.36. The molecule has 1 rings (SSSR count). The van der Waals surface area contributed by atoms with Gasteiger partial charge in [-0.3, -0.25) is 4.79 Å². The molecule has 0 fully saturated rings. The van der Waals surface area contributed by atoms with Crippen LogP contribution in [0.1, 0.15) is 29.6 Å². The van der Waals surface area contributed by atoms with Gasteiger partial charge in [-0.2, -0.15) is 5.26 Å². The minimum atomic E-state index is -0.0936. The summed E-state index contributed by atoms with van der Waals surface area (Å²) in [5.41, 5.74) is 0.617. The van der Waals surface area contributed by atoms with E-state index in [0.29, 0.717) is 18.5 Å². The number of amides is 1. The van der Waals surface area contributed by atoms with Crippen LogP contribution in [-0.2, 0) is 0 Å². The summed E-state index contributed by atoms with van der Waals surface area (Å²) in [7, 11) is 0. The molecule has 0 radical (unpaired) electrons. The Morgan fingerprint density at radius 1 is 1.24 bits per heavy atom. The van der Waals surface area contributed by atoms with Crippen LogP contribution in [0.2, 0.25) is 0 Å². The second-order valence-electron chi connectivity index (χ2n) is 3.53. The second kappa shape index (κ2) is 7.46. The van der Waals surface area contributed by atoms with E-state index in [9.17, 15) is 4.79 Å². The lowest BCUT2D eigenvalue weighted by molar-refractivity contribution is 0.0953. The number of hydrogen-bond donors (Lipinski definition) is 1. The van der Waals surface area contributed by atoms with Crippen molar-refractivity contribution in [3.8, 4) is 6.07 Å². The SMILES string of the molecule is N#CCCCCNC(=O)c1cc(Br)cc(Br)c1. The average Bonchev–Trinajstić information content (AvgIpc) is 2.27. The highest BCUT2D eigenvalue weighted by molar-refractivity contribution is 9.11. The molecule has 0 aromatic heterocycles. The van der Waals surface area contributed by atoms with Crippen LogP contribution in [0, 0.1) is 11.3 Å². The zero-order chi connectivity index (χ0) is 12.7. The molecule has 3 nitrogen and oxygen atoms in total. The van der Waals surface area contributed by atoms with Crippen LogP contribution in [0.15, 0.2) is 27.1 Å². The summed E-state index contributed by atoms with van der Waals surface area (Å²) in [6.45, 7) is 0.602. The number of unbranched alkanes of at least 4 members (excludes halogenated alkanes) is 2. The number of nitrogens with one attached hydrogen (secondary N) is 1. The molecule has 90 valence electrons. The molecular formula is C12H12Br2N2O. The lowest BCUT2D eigenvalue weighted by atomic mass is 10.2. The van der Waals surface area contributed by atoms with Gasteiger partial charge in [-0.1, -0.05) is 31.9 Å². The lowest BCUT2D eigenvalue weighted by Gasteiger charge is -2.05. The maximum atomic E-state index is 11.8. The van der Waals surface area contributed by atoms with Gasteiger partial charge < -0.3 is 5.32 Å². The largest absolute Gasteiger partial charge is 0.352 e. The Bertz CT molecular complexity index is 420. The number of nitriles is 1. The monoisotopic (exact) mass is 358 g/mol. The van der Waals surface area contributed by atoms with Gasteiger partial charge in [-0.15, -0.1) is 0 Å². The Labute approximate surface area is 117 Å². The summed E-state index contributed by atoms with van der Waals surface area (Å²) in [4.78, 5) is 11.8. The van der Waals surface area contributed by atoms with Crippen molar-refractivity contribution in [1.82, 2.24) is 5.32 Å². The highest BCUT2D eigenvalue weighted by atomic mass is 79.9. The summed E-state index contributed by atoms with van der Waals surface area (Å²) in [6, 6.07) is 7.50. The highest BCUT2D eigenvalue weighted by Gasteiger charge is 2.06. The van der Waals surface area contributed by atoms with Crippen LogP contribution in [0.5, 0.6) is 0 Å². The first kappa shape index (κ1) is 14.2. The molecule has 1 aromatic rings. The van der Waals surface area contributed by atoms with Crippen LogP contribution in [-0.4, -0.2) is 12.5 Å². The fourth-order valence-corrected chi connectivity index (χ4v) is 2.61. The van der Waals surface area contributed by atoms with E-state index in [1.807, 2.05) is 6.07 Å². The Morgan fingerprint density at radius 3 is 2.47 bits per heavy atom. The first-order chi connectivity index (χ1) is 8.13. The van der Waals surface area contributed by atoms with Crippen molar-refractivity contribution in [3.05, 3.63) is 32.7 Å². The van der Waals surface area contributed by atoms with Crippen LogP contribution >= 0.6 is 31.9 Å². The number of benzene rings is 1. The first-order valence-corrected chi connectivity index (χ1v) is 6.83. The van der Waals surface area contributed by atoms with E-state index in [1.54, 1.807) is 12.1 Å². The number of nitrogens with zero attached hydrogens (tertiary/aromatic N) is 1. The zero-order valence-corrected chi connectivity index (χ0v) is 12.3. The van der Waals surface area contributed by atoms with Gasteiger partial charge >= 0.3 is 0 Å². The van der Waals surface area contributed by atoms with Crippen molar-refractivity contribution in [2.24, 2.45) is 0 Å². The van der Waals surface area contributed by atoms with Gasteiger partial charge in [-0.05, 0) is 31.0 Å². The summed E-state index contributed by atoms with van der Waals surface area (Å²) < 4.78 is 1.73. The maximum absolute atomic E-state index is 11.8. The zero-order valence-electron chi connectivity index (χ0n) is 9.17. The van der Waals surface area contributed by atoms with Gasteiger partial charge in [0, 0.05) is 27.5 Å². The molecule has 0 saturated heterocycles. The normalized spacial score (nSPS) is 9.71. The highest BCUT2D eigenvalue weighted by Crippen LogP contribution is 2.19. The van der Waals surface area contributed by atoms with Crippen molar-refractivity contribution in [1.29, 1.82) is 5.26 Å². The molecule has 17 heavy (non-hydrogen) atoms. The Morgan fingerprint density at radius 2 is 1.88 bits per heavy atom. The van der Waals surface area contributed by atoms with Crippen LogP contribution in [0.3, 0.4) is 0 Å². The van der Waals surface area contributed by atoms with Gasteiger partial charge in [0.05, 0.1) is 6.07 Å². The molecule has 0 aliphatic rings. The molecule has 0 heterocycles. The number of hydrogen-bond acceptors (Lipinski definition) is 2. The fraction of sp³-hybridized carbons (Fsp3) is 0.333. The van der Waals surface area contributed by atoms with Crippen LogP contribution in [0.25, 0.3) is 0 Å². The van der Waals surface area contributed by atoms with E-state index in [-0.39, 0.29) is 5.91 Å². The molecule has 0 aliphatic heterocycles. The third-order valence-electron chi connectivity index (χ3n) is 2.13. The van der Waals surface area contributed by atoms with Crippen LogP contribution < -0.4 is 5.32 Å². The van der Waals surface area contributed by atoms with Crippen molar-refractivity contribution >= 4 is 37.8 Å². The Kier molecular flexibility index (Phi) is 6.23. The fourth-order valence-electron chi connectivity index (χ4n) is 1.32. The third kappa shape index (κ3) is 5.33. The molecular weight excluding hydrogens is 348 g/mol. The predicted octanol–water partition coefficient (Wildman–Crippen LogP) is 3.64. The number of halogens is 2. The van der Waals surface area contributed by atoms with E-state index in [4.69, 9.17) is 5.26 Å². The molecule has 0 bridgehead atoms. The summed E-state index contributed by atoms with van der Waals surface area (Å²) in [5.74, 6) is -0.0936. The first-order valence-electron chi connectivity index (χ1n) is 5.24. The standard InChI is InChI=1S/C12H12Br2N2O/c13-10-6-9(7-11(14)8-10)12(17)16-5-3-1-2-4-15/h6-8H,1-3,5H2,(H,16,17). The van der Waals surface area contributed by atoms with E-state index < -0.39 is 0 Å². The summed E-state index contributed by atoms with van der Waals surface area (Å²) in [6.07, 6.45) is 2.19. The number of rotatable bonds is 5. The third-order valence-corrected chi connectivity index (χ3v) is 3.04. The van der Waals surface area contributed by atoms with Crippen LogP contribution in [0.4, 0.5) is 0 Å². The summed E-state index contributed by atoms with van der Waals surface area (Å²) >= 11 is 6.68. The molecule has 0 aliphatic carbocycles. The predicted molar refractivity (Wildman–Crippen MR) is 73.6 cm³/mol.